The molecule has 0 aliphatic heterocycles. The predicted molar refractivity (Wildman–Crippen MR) is 90.6 cm³/mol. The van der Waals surface area contributed by atoms with E-state index in [1.807, 2.05) is 0 Å². The van der Waals surface area contributed by atoms with E-state index in [-0.39, 0.29) is 5.75 Å². The SMILES string of the molecule is CCS(=O)(=O)[C@H]1[C@@H](c2ccccc2)[C@@]1(C=O)NC(=O)OC(C)(C)C. The van der Waals surface area contributed by atoms with Crippen LogP contribution in [0.25, 0.3) is 0 Å². The van der Waals surface area contributed by atoms with Crippen LogP contribution in [0, 0.1) is 0 Å². The van der Waals surface area contributed by atoms with Crippen molar-refractivity contribution < 1.29 is 22.7 Å². The number of aldehydes is 1. The molecule has 0 saturated heterocycles. The standard InChI is InChI=1S/C17H23NO5S/c1-5-24(21,22)14-13(12-9-7-6-8-10-12)17(14,11-19)18-15(20)23-16(2,3)4/h6-11,13-14H,5H2,1-4H3,(H,18,20)/t13-,14+,17-/m1/s1. The fraction of sp³-hybridized carbons (Fsp3) is 0.529. The molecule has 24 heavy (non-hydrogen) atoms. The lowest BCUT2D eigenvalue weighted by Crippen LogP contribution is -2.45. The molecule has 1 amide bonds. The molecule has 1 saturated carbocycles. The molecule has 0 radical (unpaired) electrons. The second-order valence-corrected chi connectivity index (χ2v) is 9.35. The number of carbonyl (C=O) groups excluding carboxylic acids is 2. The highest BCUT2D eigenvalue weighted by Gasteiger charge is 2.72. The maximum atomic E-state index is 12.4. The van der Waals surface area contributed by atoms with E-state index < -0.39 is 38.2 Å². The molecular formula is C17H23NO5S. The average molecular weight is 353 g/mol. The molecule has 0 unspecified atom stereocenters. The summed E-state index contributed by atoms with van der Waals surface area (Å²) in [5, 5.41) is 1.52. The molecule has 132 valence electrons. The molecule has 6 nitrogen and oxygen atoms in total. The van der Waals surface area contributed by atoms with Crippen molar-refractivity contribution >= 4 is 22.2 Å². The number of sulfone groups is 1. The number of hydrogen-bond donors (Lipinski definition) is 1. The molecular weight excluding hydrogens is 330 g/mol. The number of nitrogens with one attached hydrogen (secondary N) is 1. The van der Waals surface area contributed by atoms with Crippen LogP contribution < -0.4 is 5.32 Å². The second kappa shape index (κ2) is 6.20. The summed E-state index contributed by atoms with van der Waals surface area (Å²) in [6.45, 7) is 6.62. The Morgan fingerprint density at radius 3 is 2.33 bits per heavy atom. The van der Waals surface area contributed by atoms with E-state index >= 15 is 0 Å². The monoisotopic (exact) mass is 353 g/mol. The van der Waals surface area contributed by atoms with E-state index in [2.05, 4.69) is 5.32 Å². The molecule has 1 aromatic carbocycles. The summed E-state index contributed by atoms with van der Waals surface area (Å²) in [5.74, 6) is -0.722. The second-order valence-electron chi connectivity index (χ2n) is 6.94. The largest absolute Gasteiger partial charge is 0.444 e. The van der Waals surface area contributed by atoms with Crippen LogP contribution in [0.1, 0.15) is 39.2 Å². The highest BCUT2D eigenvalue weighted by Crippen LogP contribution is 2.55. The van der Waals surface area contributed by atoms with Crippen molar-refractivity contribution in [1.82, 2.24) is 5.32 Å². The summed E-state index contributed by atoms with van der Waals surface area (Å²) in [4.78, 5) is 23.9. The Morgan fingerprint density at radius 2 is 1.88 bits per heavy atom. The van der Waals surface area contributed by atoms with Crippen molar-refractivity contribution in [1.29, 1.82) is 0 Å². The van der Waals surface area contributed by atoms with Gasteiger partial charge < -0.3 is 14.8 Å². The third kappa shape index (κ3) is 3.45. The van der Waals surface area contributed by atoms with E-state index in [0.717, 1.165) is 0 Å². The van der Waals surface area contributed by atoms with Crippen LogP contribution in [0.2, 0.25) is 0 Å². The molecule has 1 aliphatic rings. The van der Waals surface area contributed by atoms with Gasteiger partial charge in [-0.2, -0.15) is 0 Å². The Morgan fingerprint density at radius 1 is 1.29 bits per heavy atom. The van der Waals surface area contributed by atoms with Crippen molar-refractivity contribution in [3.63, 3.8) is 0 Å². The molecule has 1 fully saturated rings. The third-order valence-electron chi connectivity index (χ3n) is 4.04. The maximum Gasteiger partial charge on any atom is 0.408 e. The van der Waals surface area contributed by atoms with E-state index in [1.54, 1.807) is 51.1 Å². The Balaban J connectivity index is 2.38. The van der Waals surface area contributed by atoms with Gasteiger partial charge in [0, 0.05) is 11.7 Å². The molecule has 2 rings (SSSR count). The molecule has 0 aromatic heterocycles. The minimum absolute atomic E-state index is 0.105. The van der Waals surface area contributed by atoms with Gasteiger partial charge in [-0.05, 0) is 26.3 Å². The smallest absolute Gasteiger partial charge is 0.408 e. The minimum atomic E-state index is -3.53. The Kier molecular flexibility index (Phi) is 4.77. The van der Waals surface area contributed by atoms with Crippen molar-refractivity contribution in [2.24, 2.45) is 0 Å². The first-order valence-electron chi connectivity index (χ1n) is 7.81. The van der Waals surface area contributed by atoms with Gasteiger partial charge in [0.25, 0.3) is 0 Å². The van der Waals surface area contributed by atoms with Gasteiger partial charge in [-0.15, -0.1) is 0 Å². The summed E-state index contributed by atoms with van der Waals surface area (Å²) in [6, 6.07) is 8.85. The average Bonchev–Trinajstić information content (AvgIpc) is 3.16. The minimum Gasteiger partial charge on any atom is -0.444 e. The summed E-state index contributed by atoms with van der Waals surface area (Å²) in [7, 11) is -3.53. The number of ether oxygens (including phenoxy) is 1. The van der Waals surface area contributed by atoms with Crippen LogP contribution in [0.15, 0.2) is 30.3 Å². The Bertz CT molecular complexity index is 723. The molecule has 1 aromatic rings. The van der Waals surface area contributed by atoms with Gasteiger partial charge in [0.05, 0.1) is 0 Å². The third-order valence-corrected chi connectivity index (χ3v) is 6.28. The molecule has 0 bridgehead atoms. The number of carbonyl (C=O) groups is 2. The number of amides is 1. The number of alkyl carbamates (subject to hydrolysis) is 1. The zero-order valence-electron chi connectivity index (χ0n) is 14.3. The zero-order chi connectivity index (χ0) is 18.2. The summed E-state index contributed by atoms with van der Waals surface area (Å²) in [6.07, 6.45) is -0.281. The summed E-state index contributed by atoms with van der Waals surface area (Å²) < 4.78 is 30.1. The number of hydrogen-bond acceptors (Lipinski definition) is 5. The van der Waals surface area contributed by atoms with Crippen LogP contribution in [0.3, 0.4) is 0 Å². The highest BCUT2D eigenvalue weighted by atomic mass is 32.2. The van der Waals surface area contributed by atoms with Gasteiger partial charge in [0.2, 0.25) is 0 Å². The first-order chi connectivity index (χ1) is 11.1. The van der Waals surface area contributed by atoms with Gasteiger partial charge in [-0.1, -0.05) is 37.3 Å². The van der Waals surface area contributed by atoms with Crippen LogP contribution in [-0.4, -0.2) is 42.9 Å². The lowest BCUT2D eigenvalue weighted by Gasteiger charge is -2.22. The highest BCUT2D eigenvalue weighted by molar-refractivity contribution is 7.92. The maximum absolute atomic E-state index is 12.4. The van der Waals surface area contributed by atoms with Crippen molar-refractivity contribution in [2.75, 3.05) is 5.75 Å². The van der Waals surface area contributed by atoms with Crippen molar-refractivity contribution in [3.05, 3.63) is 35.9 Å². The summed E-state index contributed by atoms with van der Waals surface area (Å²) >= 11 is 0. The molecule has 0 spiro atoms. The number of rotatable bonds is 5. The molecule has 1 aliphatic carbocycles. The van der Waals surface area contributed by atoms with Crippen LogP contribution in [-0.2, 0) is 19.4 Å². The Hall–Kier alpha value is -1.89. The summed E-state index contributed by atoms with van der Waals surface area (Å²) in [5.41, 5.74) is -1.54. The van der Waals surface area contributed by atoms with E-state index in [0.29, 0.717) is 11.8 Å². The van der Waals surface area contributed by atoms with Gasteiger partial charge in [-0.3, -0.25) is 0 Å². The molecule has 3 atom stereocenters. The Labute approximate surface area is 142 Å². The molecule has 0 heterocycles. The fourth-order valence-electron chi connectivity index (χ4n) is 2.97. The lowest BCUT2D eigenvalue weighted by molar-refractivity contribution is -0.110. The zero-order valence-corrected chi connectivity index (χ0v) is 15.1. The van der Waals surface area contributed by atoms with Gasteiger partial charge in [-0.25, -0.2) is 13.2 Å². The quantitative estimate of drug-likeness (QED) is 0.818. The topological polar surface area (TPSA) is 89.5 Å². The van der Waals surface area contributed by atoms with E-state index in [4.69, 9.17) is 4.74 Å². The molecule has 1 N–H and O–H groups in total. The normalized spacial score (nSPS) is 26.5. The van der Waals surface area contributed by atoms with Crippen LogP contribution in [0.4, 0.5) is 4.79 Å². The lowest BCUT2D eigenvalue weighted by atomic mass is 10.1. The van der Waals surface area contributed by atoms with Gasteiger partial charge >= 0.3 is 6.09 Å². The van der Waals surface area contributed by atoms with Crippen molar-refractivity contribution in [2.45, 2.75) is 50.0 Å². The van der Waals surface area contributed by atoms with Gasteiger partial charge in [0.1, 0.15) is 22.7 Å². The van der Waals surface area contributed by atoms with E-state index in [9.17, 15) is 18.0 Å². The fourth-order valence-corrected chi connectivity index (χ4v) is 4.90. The van der Waals surface area contributed by atoms with Crippen LogP contribution >= 0.6 is 0 Å². The first kappa shape index (κ1) is 18.4. The molecule has 7 heteroatoms. The first-order valence-corrected chi connectivity index (χ1v) is 9.53. The van der Waals surface area contributed by atoms with Crippen LogP contribution in [0.5, 0.6) is 0 Å². The predicted octanol–water partition coefficient (Wildman–Crippen LogP) is 2.05. The van der Waals surface area contributed by atoms with Crippen molar-refractivity contribution in [3.8, 4) is 0 Å². The van der Waals surface area contributed by atoms with Gasteiger partial charge in [0.15, 0.2) is 9.84 Å². The number of benzene rings is 1. The van der Waals surface area contributed by atoms with E-state index in [1.165, 1.54) is 6.92 Å².